The molecule has 0 aromatic carbocycles. The molecule has 1 aliphatic carbocycles. The minimum atomic E-state index is -2.20. The Bertz CT molecular complexity index is 520. The van der Waals surface area contributed by atoms with Crippen LogP contribution in [-0.2, 0) is 18.8 Å². The van der Waals surface area contributed by atoms with Crippen LogP contribution in [0.2, 0.25) is 18.1 Å². The highest BCUT2D eigenvalue weighted by Gasteiger charge is 2.62. The summed E-state index contributed by atoms with van der Waals surface area (Å²) < 4.78 is 11.3. The Morgan fingerprint density at radius 2 is 1.78 bits per heavy atom. The molecule has 5 nitrogen and oxygen atoms in total. The minimum Gasteiger partial charge on any atom is -0.481 e. The Morgan fingerprint density at radius 3 is 2.17 bits per heavy atom. The van der Waals surface area contributed by atoms with E-state index in [1.165, 1.54) is 7.11 Å². The maximum atomic E-state index is 12.4. The normalized spacial score (nSPS) is 31.7. The Morgan fingerprint density at radius 1 is 1.26 bits per heavy atom. The van der Waals surface area contributed by atoms with Crippen molar-refractivity contribution < 1.29 is 23.9 Å². The molecule has 0 saturated carbocycles. The van der Waals surface area contributed by atoms with Crippen LogP contribution in [0.1, 0.15) is 41.0 Å². The van der Waals surface area contributed by atoms with Crippen LogP contribution in [0.25, 0.3) is 0 Å². The fourth-order valence-corrected chi connectivity index (χ4v) is 3.98. The van der Waals surface area contributed by atoms with Gasteiger partial charge in [-0.05, 0) is 38.4 Å². The number of hydrogen-bond donors (Lipinski definition) is 1. The molecule has 23 heavy (non-hydrogen) atoms. The molecule has 1 aliphatic rings. The molecule has 6 heteroatoms. The van der Waals surface area contributed by atoms with Gasteiger partial charge in [-0.25, -0.2) is 0 Å². The van der Waals surface area contributed by atoms with Gasteiger partial charge in [0.05, 0.1) is 18.6 Å². The number of rotatable bonds is 4. The van der Waals surface area contributed by atoms with E-state index in [0.29, 0.717) is 6.42 Å². The fraction of sp³-hybridized carbons (Fsp3) is 0.765. The monoisotopic (exact) mass is 342 g/mol. The lowest BCUT2D eigenvalue weighted by atomic mass is 9.58. The predicted molar refractivity (Wildman–Crippen MR) is 91.7 cm³/mol. The van der Waals surface area contributed by atoms with E-state index in [2.05, 4.69) is 33.9 Å². The summed E-state index contributed by atoms with van der Waals surface area (Å²) in [5.41, 5.74) is -2.56. The Kier molecular flexibility index (Phi) is 5.24. The van der Waals surface area contributed by atoms with E-state index in [-0.39, 0.29) is 5.04 Å². The number of esters is 1. The molecule has 0 unspecified atom stereocenters. The molecule has 132 valence electrons. The Labute approximate surface area is 140 Å². The summed E-state index contributed by atoms with van der Waals surface area (Å²) in [7, 11) is -0.912. The van der Waals surface area contributed by atoms with Gasteiger partial charge in [0.1, 0.15) is 5.41 Å². The van der Waals surface area contributed by atoms with Gasteiger partial charge in [-0.15, -0.1) is 0 Å². The van der Waals surface area contributed by atoms with E-state index in [1.807, 2.05) is 6.08 Å². The van der Waals surface area contributed by atoms with Gasteiger partial charge >= 0.3 is 11.9 Å². The van der Waals surface area contributed by atoms with Crippen LogP contribution < -0.4 is 0 Å². The van der Waals surface area contributed by atoms with Gasteiger partial charge in [0.15, 0.2) is 8.32 Å². The first-order valence-electron chi connectivity index (χ1n) is 7.90. The summed E-state index contributed by atoms with van der Waals surface area (Å²) in [6, 6.07) is 0. The highest BCUT2D eigenvalue weighted by atomic mass is 28.4. The van der Waals surface area contributed by atoms with Crippen LogP contribution >= 0.6 is 0 Å². The number of aliphatic carboxylic acids is 1. The zero-order valence-electron chi connectivity index (χ0n) is 15.5. The Hall–Kier alpha value is -1.14. The molecule has 0 bridgehead atoms. The smallest absolute Gasteiger partial charge is 0.313 e. The third-order valence-electron chi connectivity index (χ3n) is 5.86. The van der Waals surface area contributed by atoms with Crippen molar-refractivity contribution in [2.24, 2.45) is 10.8 Å². The van der Waals surface area contributed by atoms with Crippen LogP contribution in [0.5, 0.6) is 0 Å². The molecule has 0 radical (unpaired) electrons. The van der Waals surface area contributed by atoms with Gasteiger partial charge in [-0.1, -0.05) is 32.9 Å². The molecule has 0 fully saturated rings. The van der Waals surface area contributed by atoms with Crippen LogP contribution in [0.15, 0.2) is 12.2 Å². The predicted octanol–water partition coefficient (Wildman–Crippen LogP) is 3.61. The summed E-state index contributed by atoms with van der Waals surface area (Å²) in [6.45, 7) is 13.7. The lowest BCUT2D eigenvalue weighted by Crippen LogP contribution is -2.60. The van der Waals surface area contributed by atoms with Crippen molar-refractivity contribution in [1.82, 2.24) is 0 Å². The molecule has 0 saturated heterocycles. The van der Waals surface area contributed by atoms with Gasteiger partial charge in [0.2, 0.25) is 0 Å². The third-order valence-corrected chi connectivity index (χ3v) is 10.3. The lowest BCUT2D eigenvalue weighted by Gasteiger charge is -2.50. The summed E-state index contributed by atoms with van der Waals surface area (Å²) in [5, 5.41) is 9.89. The highest BCUT2D eigenvalue weighted by molar-refractivity contribution is 6.74. The van der Waals surface area contributed by atoms with Crippen LogP contribution in [0, 0.1) is 10.8 Å². The van der Waals surface area contributed by atoms with Crippen LogP contribution in [0.4, 0.5) is 0 Å². The molecule has 1 rings (SSSR count). The molecule has 0 aromatic rings. The largest absolute Gasteiger partial charge is 0.481 e. The second-order valence-electron chi connectivity index (χ2n) is 8.26. The van der Waals surface area contributed by atoms with Crippen molar-refractivity contribution in [1.29, 1.82) is 0 Å². The van der Waals surface area contributed by atoms with E-state index < -0.39 is 37.2 Å². The van der Waals surface area contributed by atoms with E-state index >= 15 is 0 Å². The first kappa shape index (κ1) is 19.9. The zero-order chi connectivity index (χ0) is 18.3. The van der Waals surface area contributed by atoms with Crippen molar-refractivity contribution in [3.63, 3.8) is 0 Å². The SMILES string of the molecule is COC(=O)[C@@]1(C)CC=C[C@H](O[Si](C)(C)C(C)(C)C)[C@@]1(C)C(=O)O. The molecule has 0 aliphatic heterocycles. The maximum Gasteiger partial charge on any atom is 0.313 e. The zero-order valence-corrected chi connectivity index (χ0v) is 16.5. The molecule has 0 spiro atoms. The number of methoxy groups -OCH3 is 1. The number of ether oxygens (including phenoxy) is 1. The van der Waals surface area contributed by atoms with Crippen molar-refractivity contribution in [2.45, 2.75) is 65.3 Å². The second-order valence-corrected chi connectivity index (χ2v) is 13.0. The van der Waals surface area contributed by atoms with E-state index in [0.717, 1.165) is 0 Å². The van der Waals surface area contributed by atoms with Crippen molar-refractivity contribution >= 4 is 20.3 Å². The van der Waals surface area contributed by atoms with Gasteiger partial charge in [0.25, 0.3) is 0 Å². The molecule has 3 atom stereocenters. The quantitative estimate of drug-likeness (QED) is 0.480. The van der Waals surface area contributed by atoms with Gasteiger partial charge in [-0.2, -0.15) is 0 Å². The van der Waals surface area contributed by atoms with Crippen molar-refractivity contribution in [3.05, 3.63) is 12.2 Å². The molecular formula is C17H30O5Si. The topological polar surface area (TPSA) is 72.8 Å². The molecule has 0 amide bonds. The average molecular weight is 343 g/mol. The number of carbonyl (C=O) groups is 2. The van der Waals surface area contributed by atoms with Crippen LogP contribution in [0.3, 0.4) is 0 Å². The summed E-state index contributed by atoms with van der Waals surface area (Å²) >= 11 is 0. The number of hydrogen-bond acceptors (Lipinski definition) is 4. The molecule has 1 N–H and O–H groups in total. The Balaban J connectivity index is 3.38. The fourth-order valence-electron chi connectivity index (χ4n) is 2.68. The van der Waals surface area contributed by atoms with Gasteiger partial charge in [-0.3, -0.25) is 9.59 Å². The minimum absolute atomic E-state index is 0.0562. The number of carboxylic acids is 1. The number of carboxylic acid groups (broad SMARTS) is 1. The van der Waals surface area contributed by atoms with E-state index in [1.54, 1.807) is 19.9 Å². The maximum absolute atomic E-state index is 12.4. The lowest BCUT2D eigenvalue weighted by molar-refractivity contribution is -0.181. The second kappa shape index (κ2) is 6.05. The summed E-state index contributed by atoms with van der Waals surface area (Å²) in [5.74, 6) is -1.56. The van der Waals surface area contributed by atoms with Crippen molar-refractivity contribution in [3.8, 4) is 0 Å². The van der Waals surface area contributed by atoms with Crippen LogP contribution in [-0.4, -0.2) is 38.6 Å². The van der Waals surface area contributed by atoms with Gasteiger partial charge in [0, 0.05) is 0 Å². The number of allylic oxidation sites excluding steroid dienone is 1. The summed E-state index contributed by atoms with van der Waals surface area (Å²) in [4.78, 5) is 24.5. The van der Waals surface area contributed by atoms with E-state index in [9.17, 15) is 14.7 Å². The molecule has 0 aromatic heterocycles. The summed E-state index contributed by atoms with van der Waals surface area (Å²) in [6.07, 6.45) is 3.28. The third kappa shape index (κ3) is 3.11. The average Bonchev–Trinajstić information content (AvgIpc) is 2.41. The van der Waals surface area contributed by atoms with Gasteiger partial charge < -0.3 is 14.3 Å². The molecule has 0 heterocycles. The first-order chi connectivity index (χ1) is 10.2. The first-order valence-corrected chi connectivity index (χ1v) is 10.8. The standard InChI is InChI=1S/C17H30O5Si/c1-15(2,3)23(7,8)22-12-10-9-11-16(4,14(20)21-6)17(12,5)13(18)19/h9-10,12H,11H2,1-8H3,(H,18,19)/t12-,16+,17-/m0/s1. The number of carbonyl (C=O) groups excluding carboxylic acids is 1. The van der Waals surface area contributed by atoms with Crippen molar-refractivity contribution in [2.75, 3.05) is 7.11 Å². The molecular weight excluding hydrogens is 312 g/mol. The highest BCUT2D eigenvalue weighted by Crippen LogP contribution is 2.52. The van der Waals surface area contributed by atoms with E-state index in [4.69, 9.17) is 9.16 Å².